The summed E-state index contributed by atoms with van der Waals surface area (Å²) in [6.07, 6.45) is 2.59. The number of aromatic nitrogens is 2. The zero-order valence-corrected chi connectivity index (χ0v) is 18.9. The van der Waals surface area contributed by atoms with E-state index in [9.17, 15) is 20.2 Å². The summed E-state index contributed by atoms with van der Waals surface area (Å²) in [6.45, 7) is 2.08. The first-order valence-electron chi connectivity index (χ1n) is 10.1. The van der Waals surface area contributed by atoms with Crippen molar-refractivity contribution in [2.75, 3.05) is 10.7 Å². The summed E-state index contributed by atoms with van der Waals surface area (Å²) in [5.74, 6) is 0.254. The molecule has 0 fully saturated rings. The number of non-ortho nitro benzene ring substituents is 1. The molecule has 1 aromatic heterocycles. The van der Waals surface area contributed by atoms with Gasteiger partial charge in [-0.2, -0.15) is 5.26 Å². The highest BCUT2D eigenvalue weighted by molar-refractivity contribution is 8.01. The van der Waals surface area contributed by atoms with E-state index in [0.717, 1.165) is 16.5 Å². The standard InChI is InChI=1S/C21H20N6O3S2/c1-2-9-31-21-25-24-20(32-21)26-15-7-4-8-16(28)18(15)17(14(11-22)19(26)23)12-5-3-6-13(10-12)27(29)30/h3,5-6,10,17H,2,4,7-9,23H2,1H3. The maximum Gasteiger partial charge on any atom is 0.269 e. The van der Waals surface area contributed by atoms with E-state index in [0.29, 0.717) is 41.2 Å². The minimum absolute atomic E-state index is 0.0851. The van der Waals surface area contributed by atoms with Crippen LogP contribution in [0.4, 0.5) is 10.8 Å². The number of carbonyl (C=O) groups is 1. The molecule has 4 rings (SSSR count). The van der Waals surface area contributed by atoms with Gasteiger partial charge in [-0.25, -0.2) is 0 Å². The highest BCUT2D eigenvalue weighted by Gasteiger charge is 2.41. The molecule has 1 aliphatic heterocycles. The van der Waals surface area contributed by atoms with Gasteiger partial charge in [0.15, 0.2) is 10.1 Å². The van der Waals surface area contributed by atoms with Crippen molar-refractivity contribution in [1.82, 2.24) is 10.2 Å². The quantitative estimate of drug-likeness (QED) is 0.374. The highest BCUT2D eigenvalue weighted by atomic mass is 32.2. The summed E-state index contributed by atoms with van der Waals surface area (Å²) < 4.78 is 0.790. The Labute approximate surface area is 192 Å². The predicted octanol–water partition coefficient (Wildman–Crippen LogP) is 4.25. The number of thioether (sulfide) groups is 1. The Kier molecular flexibility index (Phi) is 6.25. The van der Waals surface area contributed by atoms with E-state index in [1.54, 1.807) is 28.8 Å². The van der Waals surface area contributed by atoms with Crippen LogP contribution in [0.2, 0.25) is 0 Å². The Morgan fingerprint density at radius 1 is 1.41 bits per heavy atom. The number of rotatable bonds is 6. The minimum Gasteiger partial charge on any atom is -0.384 e. The topological polar surface area (TPSA) is 139 Å². The van der Waals surface area contributed by atoms with E-state index in [4.69, 9.17) is 5.73 Å². The number of carbonyl (C=O) groups excluding carboxylic acids is 1. The molecule has 32 heavy (non-hydrogen) atoms. The molecule has 1 aliphatic carbocycles. The summed E-state index contributed by atoms with van der Waals surface area (Å²) in [5, 5.41) is 30.3. The summed E-state index contributed by atoms with van der Waals surface area (Å²) in [5.41, 5.74) is 8.21. The van der Waals surface area contributed by atoms with Crippen molar-refractivity contribution in [3.8, 4) is 6.07 Å². The summed E-state index contributed by atoms with van der Waals surface area (Å²) in [7, 11) is 0. The van der Waals surface area contributed by atoms with Gasteiger partial charge in [0.2, 0.25) is 5.13 Å². The van der Waals surface area contributed by atoms with E-state index in [2.05, 4.69) is 23.2 Å². The van der Waals surface area contributed by atoms with Crippen molar-refractivity contribution in [2.45, 2.75) is 42.9 Å². The van der Waals surface area contributed by atoms with Gasteiger partial charge in [0.1, 0.15) is 5.82 Å². The van der Waals surface area contributed by atoms with Crippen LogP contribution >= 0.6 is 23.1 Å². The fourth-order valence-corrected chi connectivity index (χ4v) is 5.80. The number of nitriles is 1. The van der Waals surface area contributed by atoms with Crippen LogP contribution in [0.1, 0.15) is 44.1 Å². The lowest BCUT2D eigenvalue weighted by Gasteiger charge is -2.38. The number of hydrogen-bond donors (Lipinski definition) is 1. The van der Waals surface area contributed by atoms with Crippen molar-refractivity contribution >= 4 is 39.7 Å². The number of hydrogen-bond acceptors (Lipinski definition) is 10. The minimum atomic E-state index is -0.749. The first kappa shape index (κ1) is 22.0. The number of nitrogens with two attached hydrogens (primary N) is 1. The first-order chi connectivity index (χ1) is 15.5. The Morgan fingerprint density at radius 2 is 2.22 bits per heavy atom. The number of Topliss-reactive ketones (excluding diaryl/α,β-unsaturated/α-hetero) is 1. The lowest BCUT2D eigenvalue weighted by atomic mass is 9.75. The van der Waals surface area contributed by atoms with Crippen molar-refractivity contribution in [1.29, 1.82) is 5.26 Å². The molecule has 1 atom stereocenters. The molecule has 1 aromatic carbocycles. The number of ketones is 1. The SMILES string of the molecule is CCCSc1nnc(N2C(N)=C(C#N)C(c3cccc([N+](=O)[O-])c3)C3=C2CCCC3=O)s1. The van der Waals surface area contributed by atoms with Gasteiger partial charge in [0.25, 0.3) is 5.69 Å². The molecular formula is C21H20N6O3S2. The fraction of sp³-hybridized carbons (Fsp3) is 0.333. The van der Waals surface area contributed by atoms with E-state index in [1.165, 1.54) is 23.5 Å². The second-order valence-corrected chi connectivity index (χ2v) is 9.67. The Morgan fingerprint density at radius 3 is 2.94 bits per heavy atom. The van der Waals surface area contributed by atoms with Crippen molar-refractivity contribution in [3.05, 3.63) is 62.6 Å². The molecule has 0 bridgehead atoms. The number of nitro benzene ring substituents is 1. The highest BCUT2D eigenvalue weighted by Crippen LogP contribution is 2.47. The van der Waals surface area contributed by atoms with E-state index in [1.807, 2.05) is 0 Å². The zero-order valence-electron chi connectivity index (χ0n) is 17.3. The summed E-state index contributed by atoms with van der Waals surface area (Å²) in [6, 6.07) is 8.18. The largest absolute Gasteiger partial charge is 0.384 e. The molecule has 0 amide bonds. The molecule has 2 aromatic rings. The second-order valence-electron chi connectivity index (χ2n) is 7.37. The summed E-state index contributed by atoms with van der Waals surface area (Å²) in [4.78, 5) is 25.6. The molecule has 0 radical (unpaired) electrons. The molecule has 11 heteroatoms. The zero-order chi connectivity index (χ0) is 22.8. The van der Waals surface area contributed by atoms with Gasteiger partial charge in [-0.15, -0.1) is 10.2 Å². The van der Waals surface area contributed by atoms with Crippen LogP contribution in [0, 0.1) is 21.4 Å². The van der Waals surface area contributed by atoms with Crippen LogP contribution < -0.4 is 10.6 Å². The third-order valence-corrected chi connectivity index (χ3v) is 7.59. The number of allylic oxidation sites excluding steroid dienone is 3. The first-order valence-corrected chi connectivity index (χ1v) is 11.9. The van der Waals surface area contributed by atoms with Crippen molar-refractivity contribution in [2.24, 2.45) is 5.73 Å². The maximum atomic E-state index is 13.1. The molecule has 0 saturated carbocycles. The van der Waals surface area contributed by atoms with E-state index in [-0.39, 0.29) is 22.9 Å². The van der Waals surface area contributed by atoms with Gasteiger partial charge in [-0.1, -0.05) is 42.2 Å². The predicted molar refractivity (Wildman–Crippen MR) is 122 cm³/mol. The monoisotopic (exact) mass is 468 g/mol. The average molecular weight is 469 g/mol. The van der Waals surface area contributed by atoms with Gasteiger partial charge in [-0.3, -0.25) is 19.8 Å². The Hall–Kier alpha value is -3.23. The Bertz CT molecular complexity index is 1200. The number of anilines is 1. The number of nitro groups is 1. The van der Waals surface area contributed by atoms with Crippen LogP contribution in [0.25, 0.3) is 0 Å². The lowest BCUT2D eigenvalue weighted by molar-refractivity contribution is -0.384. The molecule has 9 nitrogen and oxygen atoms in total. The van der Waals surface area contributed by atoms with Gasteiger partial charge in [0, 0.05) is 35.6 Å². The third-order valence-electron chi connectivity index (χ3n) is 5.34. The van der Waals surface area contributed by atoms with Crippen LogP contribution in [0.3, 0.4) is 0 Å². The molecule has 0 spiro atoms. The van der Waals surface area contributed by atoms with Gasteiger partial charge in [0.05, 0.1) is 22.5 Å². The van der Waals surface area contributed by atoms with Crippen LogP contribution in [0.15, 0.2) is 51.3 Å². The van der Waals surface area contributed by atoms with Crippen molar-refractivity contribution in [3.63, 3.8) is 0 Å². The van der Waals surface area contributed by atoms with Crippen LogP contribution in [0.5, 0.6) is 0 Å². The van der Waals surface area contributed by atoms with Crippen LogP contribution in [-0.2, 0) is 4.79 Å². The third kappa shape index (κ3) is 3.87. The molecule has 164 valence electrons. The van der Waals surface area contributed by atoms with Gasteiger partial charge < -0.3 is 5.73 Å². The fourth-order valence-electron chi connectivity index (χ4n) is 4.00. The average Bonchev–Trinajstić information content (AvgIpc) is 3.25. The van der Waals surface area contributed by atoms with Gasteiger partial charge >= 0.3 is 0 Å². The number of nitrogens with zero attached hydrogens (tertiary/aromatic N) is 5. The van der Waals surface area contributed by atoms with Gasteiger partial charge in [-0.05, 0) is 24.8 Å². The van der Waals surface area contributed by atoms with Crippen LogP contribution in [-0.4, -0.2) is 26.7 Å². The summed E-state index contributed by atoms with van der Waals surface area (Å²) >= 11 is 2.96. The smallest absolute Gasteiger partial charge is 0.269 e. The molecule has 2 aliphatic rings. The van der Waals surface area contributed by atoms with E-state index < -0.39 is 10.8 Å². The molecular weight excluding hydrogens is 448 g/mol. The lowest BCUT2D eigenvalue weighted by Crippen LogP contribution is -2.38. The Balaban J connectivity index is 1.87. The molecule has 2 heterocycles. The van der Waals surface area contributed by atoms with Crippen molar-refractivity contribution < 1.29 is 9.72 Å². The van der Waals surface area contributed by atoms with E-state index >= 15 is 0 Å². The second kappa shape index (κ2) is 9.10. The molecule has 0 saturated heterocycles. The number of benzene rings is 1. The molecule has 1 unspecified atom stereocenters. The normalized spacial score (nSPS) is 18.6. The molecule has 2 N–H and O–H groups in total. The maximum absolute atomic E-state index is 13.1.